The highest BCUT2D eigenvalue weighted by molar-refractivity contribution is 8.00. The molecule has 0 unspecified atom stereocenters. The van der Waals surface area contributed by atoms with Crippen molar-refractivity contribution in [2.45, 2.75) is 68.3 Å². The molecule has 0 spiro atoms. The Balaban J connectivity index is 1.13. The number of aromatic nitrogens is 3. The number of likely N-dealkylation sites (tertiary alicyclic amines) is 1. The summed E-state index contributed by atoms with van der Waals surface area (Å²) in [6, 6.07) is 0.753. The summed E-state index contributed by atoms with van der Waals surface area (Å²) in [7, 11) is 0. The highest BCUT2D eigenvalue weighted by Crippen LogP contribution is 2.33. The number of urea groups is 1. The smallest absolute Gasteiger partial charge is 0.315 e. The Morgan fingerprint density at radius 1 is 1.28 bits per heavy atom. The van der Waals surface area contributed by atoms with Crippen molar-refractivity contribution in [2.75, 3.05) is 25.4 Å². The van der Waals surface area contributed by atoms with E-state index in [1.165, 1.54) is 0 Å². The fraction of sp³-hybridized carbons (Fsp3) is 0.789. The number of hydrogen-bond donors (Lipinski definition) is 3. The van der Waals surface area contributed by atoms with Crippen LogP contribution in [-0.4, -0.2) is 79.7 Å². The number of aliphatic hydroxyl groups is 1. The van der Waals surface area contributed by atoms with Gasteiger partial charge in [-0.1, -0.05) is 11.6 Å². The van der Waals surface area contributed by atoms with Gasteiger partial charge in [-0.3, -0.25) is 4.79 Å². The molecule has 29 heavy (non-hydrogen) atoms. The first-order valence-corrected chi connectivity index (χ1v) is 11.7. The van der Waals surface area contributed by atoms with Crippen LogP contribution < -0.4 is 10.6 Å². The first-order chi connectivity index (χ1) is 14.1. The number of rotatable bonds is 8. The number of amides is 3. The summed E-state index contributed by atoms with van der Waals surface area (Å²) in [4.78, 5) is 26.0. The summed E-state index contributed by atoms with van der Waals surface area (Å²) >= 11 is 1.93. The predicted octanol–water partition coefficient (Wildman–Crippen LogP) is 0.702. The van der Waals surface area contributed by atoms with Gasteiger partial charge in [-0.15, -0.1) is 5.10 Å². The largest absolute Gasteiger partial charge is 0.396 e. The van der Waals surface area contributed by atoms with E-state index in [9.17, 15) is 9.59 Å². The first-order valence-electron chi connectivity index (χ1n) is 10.6. The number of piperidine rings is 1. The molecule has 1 aromatic heterocycles. The molecule has 0 radical (unpaired) electrons. The van der Waals surface area contributed by atoms with E-state index in [1.807, 2.05) is 27.5 Å². The van der Waals surface area contributed by atoms with Crippen molar-refractivity contribution in [2.24, 2.45) is 0 Å². The molecule has 3 amide bonds. The number of fused-ring (bicyclic) bond motifs is 1. The van der Waals surface area contributed by atoms with Crippen LogP contribution in [0.2, 0.25) is 0 Å². The van der Waals surface area contributed by atoms with Gasteiger partial charge in [0.05, 0.1) is 23.8 Å². The van der Waals surface area contributed by atoms with Crippen LogP contribution in [0.15, 0.2) is 6.20 Å². The van der Waals surface area contributed by atoms with Crippen molar-refractivity contribution in [3.63, 3.8) is 0 Å². The molecule has 3 aliphatic heterocycles. The van der Waals surface area contributed by atoms with Gasteiger partial charge in [0.25, 0.3) is 0 Å². The van der Waals surface area contributed by atoms with Crippen molar-refractivity contribution in [1.29, 1.82) is 0 Å². The molecule has 9 nitrogen and oxygen atoms in total. The Hall–Kier alpha value is -1.81. The number of carbonyl (C=O) groups excluding carboxylic acids is 2. The van der Waals surface area contributed by atoms with Gasteiger partial charge < -0.3 is 20.6 Å². The fourth-order valence-corrected chi connectivity index (χ4v) is 6.07. The number of unbranched alkanes of at least 4 members (excludes halogenated alkanes) is 1. The van der Waals surface area contributed by atoms with Gasteiger partial charge in [0, 0.05) is 49.7 Å². The average molecular weight is 423 g/mol. The highest BCUT2D eigenvalue weighted by Gasteiger charge is 2.42. The van der Waals surface area contributed by atoms with Gasteiger partial charge in [-0.05, 0) is 25.7 Å². The fourth-order valence-electron chi connectivity index (χ4n) is 4.52. The summed E-state index contributed by atoms with van der Waals surface area (Å²) in [6.45, 7) is 1.61. The van der Waals surface area contributed by atoms with Crippen molar-refractivity contribution in [3.8, 4) is 0 Å². The number of aliphatic hydroxyl groups excluding tert-OH is 1. The number of thioether (sulfide) groups is 1. The van der Waals surface area contributed by atoms with Crippen LogP contribution in [0.25, 0.3) is 0 Å². The van der Waals surface area contributed by atoms with Crippen LogP contribution in [0.3, 0.4) is 0 Å². The molecule has 0 aliphatic carbocycles. The molecule has 3 saturated heterocycles. The summed E-state index contributed by atoms with van der Waals surface area (Å²) in [6.07, 6.45) is 7.79. The molecule has 3 fully saturated rings. The van der Waals surface area contributed by atoms with Gasteiger partial charge in [-0.2, -0.15) is 11.8 Å². The van der Waals surface area contributed by atoms with E-state index >= 15 is 0 Å². The Bertz CT molecular complexity index is 721. The molecule has 160 valence electrons. The van der Waals surface area contributed by atoms with Crippen LogP contribution in [0.5, 0.6) is 0 Å². The van der Waals surface area contributed by atoms with Gasteiger partial charge in [0.15, 0.2) is 0 Å². The summed E-state index contributed by atoms with van der Waals surface area (Å²) < 4.78 is 1.88. The number of nitrogens with zero attached hydrogens (tertiary/aromatic N) is 4. The van der Waals surface area contributed by atoms with E-state index in [0.29, 0.717) is 18.1 Å². The van der Waals surface area contributed by atoms with Crippen molar-refractivity contribution in [1.82, 2.24) is 30.5 Å². The van der Waals surface area contributed by atoms with Crippen LogP contribution in [-0.2, 0) is 11.2 Å². The molecule has 0 aromatic carbocycles. The lowest BCUT2D eigenvalue weighted by Gasteiger charge is -2.32. The molecule has 10 heteroatoms. The maximum atomic E-state index is 12.5. The second-order valence-electron chi connectivity index (χ2n) is 8.14. The number of hydrogen-bond acceptors (Lipinski definition) is 6. The van der Waals surface area contributed by atoms with Crippen LogP contribution >= 0.6 is 11.8 Å². The minimum atomic E-state index is -0.0422. The van der Waals surface area contributed by atoms with E-state index in [1.54, 1.807) is 0 Å². The molecule has 3 atom stereocenters. The molecule has 3 N–H and O–H groups in total. The molecule has 0 bridgehead atoms. The Labute approximate surface area is 175 Å². The lowest BCUT2D eigenvalue weighted by atomic mass is 10.0. The SMILES string of the molecule is O=C1N[C@H]2[C@H](CS[C@H]2CCCCC(=O)N2CCC(n3cc(CCO)nn3)CC2)N1. The molecule has 0 saturated carbocycles. The van der Waals surface area contributed by atoms with E-state index < -0.39 is 0 Å². The Morgan fingerprint density at radius 3 is 2.90 bits per heavy atom. The predicted molar refractivity (Wildman–Crippen MR) is 110 cm³/mol. The van der Waals surface area contributed by atoms with Crippen molar-refractivity contribution in [3.05, 3.63) is 11.9 Å². The minimum Gasteiger partial charge on any atom is -0.396 e. The Kier molecular flexibility index (Phi) is 6.59. The molecule has 1 aromatic rings. The third-order valence-electron chi connectivity index (χ3n) is 6.18. The number of nitrogens with one attached hydrogen (secondary N) is 2. The lowest BCUT2D eigenvalue weighted by Crippen LogP contribution is -2.39. The lowest BCUT2D eigenvalue weighted by molar-refractivity contribution is -0.132. The van der Waals surface area contributed by atoms with Crippen molar-refractivity contribution < 1.29 is 14.7 Å². The normalized spacial score (nSPS) is 27.0. The van der Waals surface area contributed by atoms with E-state index in [-0.39, 0.29) is 36.7 Å². The molecular weight excluding hydrogens is 392 g/mol. The van der Waals surface area contributed by atoms with Crippen molar-refractivity contribution >= 4 is 23.7 Å². The zero-order valence-electron chi connectivity index (χ0n) is 16.6. The Morgan fingerprint density at radius 2 is 2.10 bits per heavy atom. The summed E-state index contributed by atoms with van der Waals surface area (Å²) in [5.41, 5.74) is 0.811. The van der Waals surface area contributed by atoms with Gasteiger partial charge in [-0.25, -0.2) is 9.48 Å². The van der Waals surface area contributed by atoms with Gasteiger partial charge in [0.2, 0.25) is 5.91 Å². The molecular formula is C19H30N6O3S. The minimum absolute atomic E-state index is 0.0422. The quantitative estimate of drug-likeness (QED) is 0.420. The van der Waals surface area contributed by atoms with Gasteiger partial charge >= 0.3 is 6.03 Å². The second-order valence-corrected chi connectivity index (χ2v) is 9.42. The molecule has 3 aliphatic rings. The second kappa shape index (κ2) is 9.34. The number of carbonyl (C=O) groups is 2. The van der Waals surface area contributed by atoms with Crippen LogP contribution in [0.4, 0.5) is 4.79 Å². The monoisotopic (exact) mass is 422 g/mol. The maximum absolute atomic E-state index is 12.5. The van der Waals surface area contributed by atoms with E-state index in [2.05, 4.69) is 20.9 Å². The summed E-state index contributed by atoms with van der Waals surface area (Å²) in [5.74, 6) is 1.23. The zero-order valence-corrected chi connectivity index (χ0v) is 17.4. The standard InChI is InChI=1S/C19H30N6O3S/c26-10-7-13-11-25(23-22-13)14-5-8-24(9-6-14)17(27)4-2-1-3-16-18-15(12-29-16)20-19(28)21-18/h11,14-16,18,26H,1-10,12H2,(H2,20,21,28)/t15-,16-,18-/m0/s1. The van der Waals surface area contributed by atoms with E-state index in [4.69, 9.17) is 5.11 Å². The average Bonchev–Trinajstić information content (AvgIpc) is 3.42. The van der Waals surface area contributed by atoms with Crippen LogP contribution in [0.1, 0.15) is 50.3 Å². The maximum Gasteiger partial charge on any atom is 0.315 e. The third-order valence-corrected chi connectivity index (χ3v) is 7.69. The van der Waals surface area contributed by atoms with Gasteiger partial charge in [0.1, 0.15) is 0 Å². The third kappa shape index (κ3) is 4.85. The molecule has 4 rings (SSSR count). The topological polar surface area (TPSA) is 112 Å². The van der Waals surface area contributed by atoms with E-state index in [0.717, 1.165) is 56.6 Å². The first kappa shape index (κ1) is 20.5. The summed E-state index contributed by atoms with van der Waals surface area (Å²) in [5, 5.41) is 23.7. The van der Waals surface area contributed by atoms with Crippen LogP contribution in [0, 0.1) is 0 Å². The molecule has 4 heterocycles. The zero-order chi connectivity index (χ0) is 20.2. The highest BCUT2D eigenvalue weighted by atomic mass is 32.2.